The number of hydrogen-bond acceptors (Lipinski definition) is 2. The molecule has 1 unspecified atom stereocenters. The van der Waals surface area contributed by atoms with Crippen LogP contribution in [0.5, 0.6) is 5.75 Å². The minimum atomic E-state index is -0.0849. The summed E-state index contributed by atoms with van der Waals surface area (Å²) in [7, 11) is 1.62. The number of aromatic nitrogens is 1. The van der Waals surface area contributed by atoms with Gasteiger partial charge >= 0.3 is 0 Å². The monoisotopic (exact) mass is 308 g/mol. The van der Waals surface area contributed by atoms with Crippen molar-refractivity contribution in [2.45, 2.75) is 19.9 Å². The number of carbonyl (C=O) groups is 1. The lowest BCUT2D eigenvalue weighted by Crippen LogP contribution is -2.27. The van der Waals surface area contributed by atoms with Crippen molar-refractivity contribution in [1.82, 2.24) is 10.3 Å². The molecule has 0 fully saturated rings. The average Bonchev–Trinajstić information content (AvgIpc) is 2.90. The van der Waals surface area contributed by atoms with E-state index in [1.165, 1.54) is 0 Å². The van der Waals surface area contributed by atoms with Gasteiger partial charge in [0.25, 0.3) is 5.91 Å². The first kappa shape index (κ1) is 15.2. The number of H-pyrrole nitrogens is 1. The molecule has 1 heterocycles. The number of rotatable bonds is 4. The van der Waals surface area contributed by atoms with Gasteiger partial charge in [-0.15, -0.1) is 0 Å². The van der Waals surface area contributed by atoms with Crippen molar-refractivity contribution in [2.75, 3.05) is 7.11 Å². The number of aromatic amines is 1. The minimum Gasteiger partial charge on any atom is -0.497 e. The van der Waals surface area contributed by atoms with E-state index < -0.39 is 0 Å². The third-order valence-electron chi connectivity index (χ3n) is 4.07. The quantitative estimate of drug-likeness (QED) is 0.766. The predicted molar refractivity (Wildman–Crippen MR) is 91.9 cm³/mol. The Morgan fingerprint density at radius 2 is 1.91 bits per heavy atom. The van der Waals surface area contributed by atoms with Gasteiger partial charge in [0.15, 0.2) is 0 Å². The second-order valence-corrected chi connectivity index (χ2v) is 5.64. The lowest BCUT2D eigenvalue weighted by Gasteiger charge is -2.14. The Morgan fingerprint density at radius 3 is 2.61 bits per heavy atom. The zero-order valence-electron chi connectivity index (χ0n) is 13.5. The van der Waals surface area contributed by atoms with E-state index in [4.69, 9.17) is 4.74 Å². The van der Waals surface area contributed by atoms with Crippen LogP contribution >= 0.6 is 0 Å². The van der Waals surface area contributed by atoms with Gasteiger partial charge in [-0.3, -0.25) is 4.79 Å². The molecule has 118 valence electrons. The van der Waals surface area contributed by atoms with Crippen LogP contribution in [0.4, 0.5) is 0 Å². The van der Waals surface area contributed by atoms with E-state index in [1.807, 2.05) is 62.4 Å². The summed E-state index contributed by atoms with van der Waals surface area (Å²) in [5, 5.41) is 3.94. The van der Waals surface area contributed by atoms with Gasteiger partial charge in [0, 0.05) is 16.6 Å². The first-order valence-electron chi connectivity index (χ1n) is 7.62. The van der Waals surface area contributed by atoms with E-state index >= 15 is 0 Å². The number of benzene rings is 2. The number of methoxy groups -OCH3 is 1. The van der Waals surface area contributed by atoms with Crippen molar-refractivity contribution in [1.29, 1.82) is 0 Å². The highest BCUT2D eigenvalue weighted by atomic mass is 16.5. The summed E-state index contributed by atoms with van der Waals surface area (Å²) in [6, 6.07) is 15.6. The molecule has 1 amide bonds. The molecule has 0 radical (unpaired) electrons. The summed E-state index contributed by atoms with van der Waals surface area (Å²) < 4.78 is 5.27. The van der Waals surface area contributed by atoms with Crippen molar-refractivity contribution in [3.05, 3.63) is 65.4 Å². The zero-order chi connectivity index (χ0) is 16.4. The zero-order valence-corrected chi connectivity index (χ0v) is 13.5. The van der Waals surface area contributed by atoms with Crippen LogP contribution in [-0.2, 0) is 0 Å². The van der Waals surface area contributed by atoms with Crippen LogP contribution in [0.15, 0.2) is 48.5 Å². The van der Waals surface area contributed by atoms with Crippen molar-refractivity contribution in [3.63, 3.8) is 0 Å². The van der Waals surface area contributed by atoms with Gasteiger partial charge in [-0.1, -0.05) is 30.3 Å². The Bertz CT molecular complexity index is 837. The second-order valence-electron chi connectivity index (χ2n) is 5.64. The van der Waals surface area contributed by atoms with Crippen LogP contribution in [0.1, 0.15) is 34.6 Å². The normalized spacial score (nSPS) is 12.1. The summed E-state index contributed by atoms with van der Waals surface area (Å²) in [4.78, 5) is 16.0. The molecule has 2 aromatic carbocycles. The predicted octanol–water partition coefficient (Wildman–Crippen LogP) is 3.98. The van der Waals surface area contributed by atoms with E-state index in [0.29, 0.717) is 5.56 Å². The third kappa shape index (κ3) is 2.93. The maximum absolute atomic E-state index is 12.8. The first-order chi connectivity index (χ1) is 11.1. The highest BCUT2D eigenvalue weighted by Crippen LogP contribution is 2.27. The fraction of sp³-hybridized carbons (Fsp3) is 0.211. The van der Waals surface area contributed by atoms with Crippen molar-refractivity contribution >= 4 is 16.8 Å². The molecule has 0 aliphatic rings. The number of fused-ring (bicyclic) bond motifs is 1. The smallest absolute Gasteiger partial charge is 0.254 e. The van der Waals surface area contributed by atoms with Crippen LogP contribution in [0, 0.1) is 6.92 Å². The molecular weight excluding hydrogens is 288 g/mol. The summed E-state index contributed by atoms with van der Waals surface area (Å²) >= 11 is 0. The summed E-state index contributed by atoms with van der Waals surface area (Å²) in [5.41, 5.74) is 3.53. The first-order valence-corrected chi connectivity index (χ1v) is 7.62. The molecule has 1 aromatic heterocycles. The summed E-state index contributed by atoms with van der Waals surface area (Å²) in [6.45, 7) is 3.90. The lowest BCUT2D eigenvalue weighted by molar-refractivity contribution is 0.0941. The maximum Gasteiger partial charge on any atom is 0.254 e. The third-order valence-corrected chi connectivity index (χ3v) is 4.07. The highest BCUT2D eigenvalue weighted by Gasteiger charge is 2.18. The van der Waals surface area contributed by atoms with E-state index in [2.05, 4.69) is 10.3 Å². The number of aryl methyl sites for hydroxylation is 1. The fourth-order valence-corrected chi connectivity index (χ4v) is 2.82. The van der Waals surface area contributed by atoms with E-state index in [0.717, 1.165) is 27.9 Å². The molecular formula is C19H20N2O2. The molecule has 4 nitrogen and oxygen atoms in total. The fourth-order valence-electron chi connectivity index (χ4n) is 2.82. The van der Waals surface area contributed by atoms with E-state index in [1.54, 1.807) is 7.11 Å². The van der Waals surface area contributed by atoms with Crippen LogP contribution in [0.2, 0.25) is 0 Å². The van der Waals surface area contributed by atoms with Gasteiger partial charge in [0.05, 0.1) is 18.7 Å². The number of carbonyl (C=O) groups excluding carboxylic acids is 1. The number of ether oxygens (including phenoxy) is 1. The van der Waals surface area contributed by atoms with Crippen LogP contribution in [-0.4, -0.2) is 18.0 Å². The Kier molecular flexibility index (Phi) is 4.06. The molecule has 0 saturated carbocycles. The van der Waals surface area contributed by atoms with E-state index in [-0.39, 0.29) is 11.9 Å². The Balaban J connectivity index is 1.93. The Hall–Kier alpha value is -2.75. The molecule has 3 rings (SSSR count). The molecule has 23 heavy (non-hydrogen) atoms. The van der Waals surface area contributed by atoms with Crippen molar-refractivity contribution in [2.24, 2.45) is 0 Å². The lowest BCUT2D eigenvalue weighted by atomic mass is 10.1. The Labute approximate surface area is 135 Å². The topological polar surface area (TPSA) is 54.1 Å². The highest BCUT2D eigenvalue weighted by molar-refractivity contribution is 6.08. The van der Waals surface area contributed by atoms with Gasteiger partial charge < -0.3 is 15.0 Å². The van der Waals surface area contributed by atoms with Crippen LogP contribution in [0.3, 0.4) is 0 Å². The number of nitrogens with one attached hydrogen (secondary N) is 2. The van der Waals surface area contributed by atoms with Gasteiger partial charge in [-0.25, -0.2) is 0 Å². The molecule has 0 bridgehead atoms. The maximum atomic E-state index is 12.8. The van der Waals surface area contributed by atoms with Gasteiger partial charge in [0.1, 0.15) is 5.75 Å². The van der Waals surface area contributed by atoms with Crippen molar-refractivity contribution in [3.8, 4) is 5.75 Å². The average molecular weight is 308 g/mol. The van der Waals surface area contributed by atoms with Crippen LogP contribution in [0.25, 0.3) is 10.9 Å². The molecule has 3 aromatic rings. The largest absolute Gasteiger partial charge is 0.497 e. The molecule has 4 heteroatoms. The standard InChI is InChI=1S/C19H20N2O2/c1-12(14-7-5-4-6-8-14)21-19(22)18-13(2)20-17-10-9-15(23-3)11-16(17)18/h4-12,20H,1-3H3,(H,21,22). The number of amides is 1. The Morgan fingerprint density at radius 1 is 1.17 bits per heavy atom. The molecule has 1 atom stereocenters. The molecule has 0 spiro atoms. The molecule has 0 saturated heterocycles. The summed E-state index contributed by atoms with van der Waals surface area (Å²) in [5.74, 6) is 0.653. The minimum absolute atomic E-state index is 0.0568. The molecule has 0 aliphatic carbocycles. The van der Waals surface area contributed by atoms with Crippen molar-refractivity contribution < 1.29 is 9.53 Å². The second kappa shape index (κ2) is 6.16. The number of hydrogen-bond donors (Lipinski definition) is 2. The van der Waals surface area contributed by atoms with Gasteiger partial charge in [-0.2, -0.15) is 0 Å². The SMILES string of the molecule is COc1ccc2[nH]c(C)c(C(=O)NC(C)c3ccccc3)c2c1. The molecule has 2 N–H and O–H groups in total. The van der Waals surface area contributed by atoms with Gasteiger partial charge in [-0.05, 0) is 37.6 Å². The van der Waals surface area contributed by atoms with E-state index in [9.17, 15) is 4.79 Å². The van der Waals surface area contributed by atoms with Crippen LogP contribution < -0.4 is 10.1 Å². The van der Waals surface area contributed by atoms with Gasteiger partial charge in [0.2, 0.25) is 0 Å². The summed E-state index contributed by atoms with van der Waals surface area (Å²) in [6.07, 6.45) is 0. The molecule has 0 aliphatic heterocycles.